The van der Waals surface area contributed by atoms with Gasteiger partial charge in [0.25, 0.3) is 0 Å². The van der Waals surface area contributed by atoms with Crippen molar-refractivity contribution < 1.29 is 19.4 Å². The van der Waals surface area contributed by atoms with Gasteiger partial charge in [0.2, 0.25) is 5.91 Å². The largest absolute Gasteiger partial charge is 0.465 e. The van der Waals surface area contributed by atoms with Crippen molar-refractivity contribution in [1.82, 2.24) is 10.2 Å². The third-order valence-corrected chi connectivity index (χ3v) is 2.74. The van der Waals surface area contributed by atoms with Gasteiger partial charge in [0.15, 0.2) is 0 Å². The minimum absolute atomic E-state index is 0.00923. The number of nitrogens with one attached hydrogen (secondary N) is 1. The first kappa shape index (κ1) is 13.8. The standard InChI is InChI=1S/C11H20N2O4/c1-4-9(12-11(15)16)10(14)13-5-7(2)17-8(3)6-13/h7-9,12H,4-6H2,1-3H3,(H,15,16)/t7-,8+,9-/m0/s1. The van der Waals surface area contributed by atoms with Crippen molar-refractivity contribution in [1.29, 1.82) is 0 Å². The molecule has 1 saturated heterocycles. The van der Waals surface area contributed by atoms with Gasteiger partial charge in [-0.3, -0.25) is 4.79 Å². The van der Waals surface area contributed by atoms with Gasteiger partial charge < -0.3 is 20.1 Å². The number of rotatable bonds is 3. The number of carboxylic acid groups (broad SMARTS) is 1. The second-order valence-corrected chi connectivity index (χ2v) is 4.41. The highest BCUT2D eigenvalue weighted by Gasteiger charge is 2.30. The van der Waals surface area contributed by atoms with Crippen LogP contribution in [-0.2, 0) is 9.53 Å². The molecule has 0 aliphatic carbocycles. The van der Waals surface area contributed by atoms with Crippen LogP contribution in [0.25, 0.3) is 0 Å². The van der Waals surface area contributed by atoms with Gasteiger partial charge in [0, 0.05) is 13.1 Å². The van der Waals surface area contributed by atoms with Gasteiger partial charge in [-0.25, -0.2) is 4.79 Å². The molecule has 2 amide bonds. The van der Waals surface area contributed by atoms with E-state index in [4.69, 9.17) is 9.84 Å². The van der Waals surface area contributed by atoms with Gasteiger partial charge in [-0.2, -0.15) is 0 Å². The van der Waals surface area contributed by atoms with Gasteiger partial charge >= 0.3 is 6.09 Å². The number of hydrogen-bond donors (Lipinski definition) is 2. The van der Waals surface area contributed by atoms with Crippen molar-refractivity contribution in [2.75, 3.05) is 13.1 Å². The van der Waals surface area contributed by atoms with E-state index >= 15 is 0 Å². The number of carbonyl (C=O) groups is 2. The summed E-state index contributed by atoms with van der Waals surface area (Å²) < 4.78 is 5.53. The average molecular weight is 244 g/mol. The molecule has 6 heteroatoms. The Morgan fingerprint density at radius 2 is 1.94 bits per heavy atom. The highest BCUT2D eigenvalue weighted by molar-refractivity contribution is 5.85. The minimum Gasteiger partial charge on any atom is -0.465 e. The Kier molecular flexibility index (Phi) is 4.74. The van der Waals surface area contributed by atoms with Gasteiger partial charge in [-0.05, 0) is 20.3 Å². The van der Waals surface area contributed by atoms with Crippen molar-refractivity contribution in [3.05, 3.63) is 0 Å². The van der Waals surface area contributed by atoms with Gasteiger partial charge in [-0.1, -0.05) is 6.92 Å². The number of amides is 2. The molecule has 3 atom stereocenters. The molecule has 0 spiro atoms. The molecule has 0 radical (unpaired) electrons. The van der Waals surface area contributed by atoms with Crippen molar-refractivity contribution in [2.24, 2.45) is 0 Å². The SMILES string of the molecule is CC[C@H](NC(=O)O)C(=O)N1C[C@@H](C)O[C@@H](C)C1. The zero-order chi connectivity index (χ0) is 13.0. The van der Waals surface area contributed by atoms with Crippen LogP contribution in [0.3, 0.4) is 0 Å². The maximum atomic E-state index is 12.1. The molecule has 1 aliphatic rings. The molecular formula is C11H20N2O4. The minimum atomic E-state index is -1.17. The normalized spacial score (nSPS) is 26.4. The molecule has 1 fully saturated rings. The smallest absolute Gasteiger partial charge is 0.405 e. The Bertz CT molecular complexity index is 285. The lowest BCUT2D eigenvalue weighted by atomic mass is 10.1. The molecule has 17 heavy (non-hydrogen) atoms. The fourth-order valence-corrected chi connectivity index (χ4v) is 2.07. The molecule has 0 bridgehead atoms. The van der Waals surface area contributed by atoms with E-state index < -0.39 is 12.1 Å². The van der Waals surface area contributed by atoms with Crippen molar-refractivity contribution >= 4 is 12.0 Å². The second kappa shape index (κ2) is 5.86. The molecule has 0 aromatic rings. The van der Waals surface area contributed by atoms with Crippen LogP contribution in [0.15, 0.2) is 0 Å². The lowest BCUT2D eigenvalue weighted by Gasteiger charge is -2.36. The number of hydrogen-bond acceptors (Lipinski definition) is 3. The van der Waals surface area contributed by atoms with Crippen LogP contribution in [0.1, 0.15) is 27.2 Å². The molecule has 1 aliphatic heterocycles. The van der Waals surface area contributed by atoms with Crippen LogP contribution in [-0.4, -0.2) is 53.3 Å². The number of ether oxygens (including phenoxy) is 1. The first-order valence-electron chi connectivity index (χ1n) is 5.87. The molecular weight excluding hydrogens is 224 g/mol. The van der Waals surface area contributed by atoms with Crippen LogP contribution in [0.2, 0.25) is 0 Å². The third-order valence-electron chi connectivity index (χ3n) is 2.74. The lowest BCUT2D eigenvalue weighted by Crippen LogP contribution is -2.54. The summed E-state index contributed by atoms with van der Waals surface area (Å²) in [6.07, 6.45) is -0.736. The van der Waals surface area contributed by atoms with E-state index in [1.54, 1.807) is 11.8 Å². The summed E-state index contributed by atoms with van der Waals surface area (Å²) in [6.45, 7) is 6.62. The van der Waals surface area contributed by atoms with Gasteiger partial charge in [0.05, 0.1) is 12.2 Å². The zero-order valence-corrected chi connectivity index (χ0v) is 10.5. The fraction of sp³-hybridized carbons (Fsp3) is 0.818. The summed E-state index contributed by atoms with van der Waals surface area (Å²) >= 11 is 0. The van der Waals surface area contributed by atoms with E-state index in [1.807, 2.05) is 13.8 Å². The number of carbonyl (C=O) groups excluding carboxylic acids is 1. The van der Waals surface area contributed by atoms with Crippen LogP contribution in [0.4, 0.5) is 4.79 Å². The molecule has 0 saturated carbocycles. The molecule has 1 rings (SSSR count). The van der Waals surface area contributed by atoms with Crippen LogP contribution in [0, 0.1) is 0 Å². The summed E-state index contributed by atoms with van der Waals surface area (Å²) in [5.41, 5.74) is 0. The van der Waals surface area contributed by atoms with Crippen LogP contribution >= 0.6 is 0 Å². The molecule has 1 heterocycles. The second-order valence-electron chi connectivity index (χ2n) is 4.41. The highest BCUT2D eigenvalue weighted by Crippen LogP contribution is 2.12. The van der Waals surface area contributed by atoms with Crippen molar-refractivity contribution in [2.45, 2.75) is 45.4 Å². The maximum Gasteiger partial charge on any atom is 0.405 e. The van der Waals surface area contributed by atoms with E-state index in [2.05, 4.69) is 5.32 Å². The Balaban J connectivity index is 2.63. The monoisotopic (exact) mass is 244 g/mol. The van der Waals surface area contributed by atoms with Gasteiger partial charge in [0.1, 0.15) is 6.04 Å². The third kappa shape index (κ3) is 3.89. The first-order valence-corrected chi connectivity index (χ1v) is 5.87. The quantitative estimate of drug-likeness (QED) is 0.764. The average Bonchev–Trinajstić information content (AvgIpc) is 2.23. The van der Waals surface area contributed by atoms with E-state index in [9.17, 15) is 9.59 Å². The van der Waals surface area contributed by atoms with E-state index in [0.29, 0.717) is 19.5 Å². The summed E-state index contributed by atoms with van der Waals surface area (Å²) in [6, 6.07) is -0.662. The zero-order valence-electron chi connectivity index (χ0n) is 10.5. The molecule has 0 aromatic carbocycles. The Labute approximate surface area is 101 Å². The topological polar surface area (TPSA) is 78.9 Å². The van der Waals surface area contributed by atoms with Crippen LogP contribution < -0.4 is 5.32 Å². The molecule has 0 aromatic heterocycles. The predicted molar refractivity (Wildman–Crippen MR) is 61.8 cm³/mol. The Morgan fingerprint density at radius 1 is 1.41 bits per heavy atom. The number of nitrogens with zero attached hydrogens (tertiary/aromatic N) is 1. The number of morpholine rings is 1. The summed E-state index contributed by atoms with van der Waals surface area (Å²) in [4.78, 5) is 24.3. The molecule has 0 unspecified atom stereocenters. The van der Waals surface area contributed by atoms with Crippen LogP contribution in [0.5, 0.6) is 0 Å². The fourth-order valence-electron chi connectivity index (χ4n) is 2.07. The Morgan fingerprint density at radius 3 is 2.35 bits per heavy atom. The Hall–Kier alpha value is -1.30. The first-order chi connectivity index (χ1) is 7.93. The highest BCUT2D eigenvalue weighted by atomic mass is 16.5. The molecule has 2 N–H and O–H groups in total. The summed E-state index contributed by atoms with van der Waals surface area (Å²) in [5.74, 6) is -0.170. The van der Waals surface area contributed by atoms with E-state index in [1.165, 1.54) is 0 Å². The molecule has 6 nitrogen and oxygen atoms in total. The summed E-state index contributed by atoms with van der Waals surface area (Å²) in [7, 11) is 0. The predicted octanol–water partition coefficient (Wildman–Crippen LogP) is 0.668. The van der Waals surface area contributed by atoms with E-state index in [-0.39, 0.29) is 18.1 Å². The van der Waals surface area contributed by atoms with Crippen molar-refractivity contribution in [3.8, 4) is 0 Å². The lowest BCUT2D eigenvalue weighted by molar-refractivity contribution is -0.145. The maximum absolute atomic E-state index is 12.1. The van der Waals surface area contributed by atoms with Gasteiger partial charge in [-0.15, -0.1) is 0 Å². The van der Waals surface area contributed by atoms with Crippen molar-refractivity contribution in [3.63, 3.8) is 0 Å². The summed E-state index contributed by atoms with van der Waals surface area (Å²) in [5, 5.41) is 10.9. The molecule has 98 valence electrons. The van der Waals surface area contributed by atoms with E-state index in [0.717, 1.165) is 0 Å².